The van der Waals surface area contributed by atoms with Gasteiger partial charge in [0.25, 0.3) is 5.91 Å². The van der Waals surface area contributed by atoms with Gasteiger partial charge in [0.1, 0.15) is 17.3 Å². The first-order valence-corrected chi connectivity index (χ1v) is 13.0. The number of carboxylic acid groups (broad SMARTS) is 1. The number of carbonyl (C=O) groups excluding carboxylic acids is 1. The maximum absolute atomic E-state index is 13.6. The van der Waals surface area contributed by atoms with Crippen molar-refractivity contribution in [2.75, 3.05) is 36.4 Å². The average molecular weight is 495 g/mol. The van der Waals surface area contributed by atoms with Crippen LogP contribution in [0.25, 0.3) is 0 Å². The molecule has 2 fully saturated rings. The monoisotopic (exact) mass is 494 g/mol. The lowest BCUT2D eigenvalue weighted by Crippen LogP contribution is -2.61. The Kier molecular flexibility index (Phi) is 7.47. The molecule has 0 bridgehead atoms. The van der Waals surface area contributed by atoms with Gasteiger partial charge >= 0.3 is 5.97 Å². The molecule has 1 aliphatic carbocycles. The Morgan fingerprint density at radius 2 is 1.89 bits per heavy atom. The zero-order valence-electron chi connectivity index (χ0n) is 22.0. The van der Waals surface area contributed by atoms with E-state index in [0.717, 1.165) is 18.1 Å². The predicted octanol–water partition coefficient (Wildman–Crippen LogP) is 4.34. The van der Waals surface area contributed by atoms with Crippen molar-refractivity contribution in [3.63, 3.8) is 0 Å². The number of aromatic nitrogens is 3. The van der Waals surface area contributed by atoms with Gasteiger partial charge in [-0.1, -0.05) is 32.8 Å². The fourth-order valence-electron chi connectivity index (χ4n) is 5.28. The summed E-state index contributed by atoms with van der Waals surface area (Å²) in [5.74, 6) is 1.02. The van der Waals surface area contributed by atoms with E-state index in [1.165, 1.54) is 25.7 Å². The van der Waals surface area contributed by atoms with Crippen LogP contribution in [0.2, 0.25) is 0 Å². The second-order valence-electron chi connectivity index (χ2n) is 11.0. The molecule has 1 amide bonds. The van der Waals surface area contributed by atoms with E-state index in [2.05, 4.69) is 29.1 Å². The van der Waals surface area contributed by atoms with E-state index >= 15 is 0 Å². The van der Waals surface area contributed by atoms with Gasteiger partial charge in [0.2, 0.25) is 0 Å². The van der Waals surface area contributed by atoms with Gasteiger partial charge in [0, 0.05) is 26.2 Å². The van der Waals surface area contributed by atoms with Crippen LogP contribution in [0.1, 0.15) is 91.5 Å². The van der Waals surface area contributed by atoms with Crippen LogP contribution in [-0.4, -0.2) is 68.6 Å². The average Bonchev–Trinajstić information content (AvgIpc) is 3.35. The predicted molar refractivity (Wildman–Crippen MR) is 140 cm³/mol. The summed E-state index contributed by atoms with van der Waals surface area (Å²) in [5, 5.41) is 12.9. The third-order valence-corrected chi connectivity index (χ3v) is 7.35. The molecule has 0 radical (unpaired) electrons. The van der Waals surface area contributed by atoms with Crippen LogP contribution in [0.15, 0.2) is 18.3 Å². The minimum Gasteiger partial charge on any atom is -0.477 e. The SMILES string of the molecule is Cc1ccc(N2CCN(C(=O)c3cnc(NCC4CCCC4)c(C(C)C)n3)C(C)(C)C2)nc1C(=O)O. The zero-order valence-corrected chi connectivity index (χ0v) is 22.0. The van der Waals surface area contributed by atoms with Gasteiger partial charge in [-0.15, -0.1) is 0 Å². The molecular weight excluding hydrogens is 456 g/mol. The van der Waals surface area contributed by atoms with Crippen molar-refractivity contribution in [1.82, 2.24) is 19.9 Å². The lowest BCUT2D eigenvalue weighted by Gasteiger charge is -2.47. The number of carboxylic acids is 1. The summed E-state index contributed by atoms with van der Waals surface area (Å²) < 4.78 is 0. The van der Waals surface area contributed by atoms with Gasteiger partial charge in [0.15, 0.2) is 5.69 Å². The van der Waals surface area contributed by atoms with E-state index < -0.39 is 11.5 Å². The molecule has 2 aromatic heterocycles. The van der Waals surface area contributed by atoms with Gasteiger partial charge in [-0.3, -0.25) is 4.79 Å². The summed E-state index contributed by atoms with van der Waals surface area (Å²) in [7, 11) is 0. The quantitative estimate of drug-likeness (QED) is 0.585. The smallest absolute Gasteiger partial charge is 0.354 e. The van der Waals surface area contributed by atoms with Crippen molar-refractivity contribution < 1.29 is 14.7 Å². The summed E-state index contributed by atoms with van der Waals surface area (Å²) >= 11 is 0. The fourth-order valence-corrected chi connectivity index (χ4v) is 5.28. The number of anilines is 2. The van der Waals surface area contributed by atoms with Crippen LogP contribution in [0.3, 0.4) is 0 Å². The Balaban J connectivity index is 1.50. The molecule has 0 unspecified atom stereocenters. The molecule has 2 aliphatic rings. The molecule has 2 N–H and O–H groups in total. The Bertz CT molecular complexity index is 1130. The van der Waals surface area contributed by atoms with Gasteiger partial charge in [-0.2, -0.15) is 0 Å². The summed E-state index contributed by atoms with van der Waals surface area (Å²) in [6.07, 6.45) is 6.70. The van der Waals surface area contributed by atoms with Crippen LogP contribution in [-0.2, 0) is 0 Å². The van der Waals surface area contributed by atoms with Crippen molar-refractivity contribution in [2.45, 2.75) is 71.8 Å². The van der Waals surface area contributed by atoms with Crippen LogP contribution < -0.4 is 10.2 Å². The van der Waals surface area contributed by atoms with Gasteiger partial charge in [0.05, 0.1) is 17.4 Å². The van der Waals surface area contributed by atoms with E-state index in [9.17, 15) is 14.7 Å². The molecular formula is C27H38N6O3. The molecule has 1 saturated carbocycles. The van der Waals surface area contributed by atoms with E-state index in [4.69, 9.17) is 4.98 Å². The number of aromatic carboxylic acids is 1. The third-order valence-electron chi connectivity index (χ3n) is 7.35. The highest BCUT2D eigenvalue weighted by Crippen LogP contribution is 2.29. The van der Waals surface area contributed by atoms with Crippen molar-refractivity contribution in [1.29, 1.82) is 0 Å². The molecule has 1 saturated heterocycles. The lowest BCUT2D eigenvalue weighted by atomic mass is 9.98. The molecule has 4 rings (SSSR count). The van der Waals surface area contributed by atoms with Gasteiger partial charge in [-0.25, -0.2) is 19.7 Å². The molecule has 0 atom stereocenters. The minimum absolute atomic E-state index is 0.0573. The molecule has 1 aliphatic heterocycles. The number of piperazine rings is 1. The maximum Gasteiger partial charge on any atom is 0.354 e. The number of amides is 1. The van der Waals surface area contributed by atoms with E-state index in [-0.39, 0.29) is 17.5 Å². The first-order chi connectivity index (χ1) is 17.1. The highest BCUT2D eigenvalue weighted by molar-refractivity contribution is 5.93. The Labute approximate surface area is 213 Å². The molecule has 194 valence electrons. The van der Waals surface area contributed by atoms with Crippen LogP contribution in [0.4, 0.5) is 11.6 Å². The zero-order chi connectivity index (χ0) is 26.0. The number of aryl methyl sites for hydroxylation is 1. The second-order valence-corrected chi connectivity index (χ2v) is 11.0. The van der Waals surface area contributed by atoms with Crippen LogP contribution in [0, 0.1) is 12.8 Å². The van der Waals surface area contributed by atoms with Crippen molar-refractivity contribution in [3.8, 4) is 0 Å². The maximum atomic E-state index is 13.6. The third kappa shape index (κ3) is 5.44. The standard InChI is InChI=1S/C27H38N6O3/c1-17(2)22-24(28-14-19-8-6-7-9-19)29-15-20(30-22)25(34)33-13-12-32(16-27(33,4)5)21-11-10-18(3)23(31-21)26(35)36/h10-11,15,17,19H,6-9,12-14,16H2,1-5H3,(H,28,29)(H,35,36). The normalized spacial score (nSPS) is 18.1. The van der Waals surface area contributed by atoms with Crippen molar-refractivity contribution in [2.24, 2.45) is 5.92 Å². The van der Waals surface area contributed by atoms with Crippen LogP contribution in [0.5, 0.6) is 0 Å². The van der Waals surface area contributed by atoms with E-state index in [0.29, 0.717) is 42.6 Å². The number of carbonyl (C=O) groups is 2. The summed E-state index contributed by atoms with van der Waals surface area (Å²) in [5.41, 5.74) is 1.35. The summed E-state index contributed by atoms with van der Waals surface area (Å²) in [4.78, 5) is 42.8. The van der Waals surface area contributed by atoms with Crippen molar-refractivity contribution >= 4 is 23.5 Å². The van der Waals surface area contributed by atoms with E-state index in [1.807, 2.05) is 29.7 Å². The number of hydrogen-bond acceptors (Lipinski definition) is 7. The Morgan fingerprint density at radius 3 is 2.53 bits per heavy atom. The topological polar surface area (TPSA) is 112 Å². The number of nitrogens with one attached hydrogen (secondary N) is 1. The summed E-state index contributed by atoms with van der Waals surface area (Å²) in [6.45, 7) is 12.4. The van der Waals surface area contributed by atoms with Gasteiger partial charge < -0.3 is 20.2 Å². The molecule has 9 heteroatoms. The number of nitrogens with zero attached hydrogens (tertiary/aromatic N) is 5. The second kappa shape index (κ2) is 10.4. The highest BCUT2D eigenvalue weighted by atomic mass is 16.4. The fraction of sp³-hybridized carbons (Fsp3) is 0.593. The highest BCUT2D eigenvalue weighted by Gasteiger charge is 2.38. The van der Waals surface area contributed by atoms with Crippen molar-refractivity contribution in [3.05, 3.63) is 41.0 Å². The van der Waals surface area contributed by atoms with Gasteiger partial charge in [-0.05, 0) is 57.1 Å². The number of rotatable bonds is 7. The van der Waals surface area contributed by atoms with Crippen LogP contribution >= 0.6 is 0 Å². The largest absolute Gasteiger partial charge is 0.477 e. The molecule has 2 aromatic rings. The Morgan fingerprint density at radius 1 is 1.17 bits per heavy atom. The molecule has 3 heterocycles. The first-order valence-electron chi connectivity index (χ1n) is 13.0. The Hall–Kier alpha value is -3.23. The summed E-state index contributed by atoms with van der Waals surface area (Å²) in [6, 6.07) is 3.62. The minimum atomic E-state index is -1.04. The first kappa shape index (κ1) is 25.9. The number of hydrogen-bond donors (Lipinski definition) is 2. The molecule has 0 aromatic carbocycles. The molecule has 9 nitrogen and oxygen atoms in total. The van der Waals surface area contributed by atoms with E-state index in [1.54, 1.807) is 19.2 Å². The molecule has 0 spiro atoms. The lowest BCUT2D eigenvalue weighted by molar-refractivity contribution is 0.0506. The molecule has 36 heavy (non-hydrogen) atoms. The number of pyridine rings is 1.